The predicted molar refractivity (Wildman–Crippen MR) is 98.8 cm³/mol. The van der Waals surface area contributed by atoms with Crippen molar-refractivity contribution in [2.75, 3.05) is 0 Å². The van der Waals surface area contributed by atoms with Crippen LogP contribution in [0, 0.1) is 0 Å². The molecule has 0 saturated carbocycles. The van der Waals surface area contributed by atoms with Gasteiger partial charge in [0.05, 0.1) is 11.1 Å². The van der Waals surface area contributed by atoms with Crippen molar-refractivity contribution in [3.05, 3.63) is 35.9 Å². The summed E-state index contributed by atoms with van der Waals surface area (Å²) in [6.07, 6.45) is 0.0355. The molecule has 7 nitrogen and oxygen atoms in total. The second-order valence-electron chi connectivity index (χ2n) is 8.01. The Balaban J connectivity index is 3.43. The number of hydrazone groups is 1. The molecule has 5 N–H and O–H groups in total. The Kier molecular flexibility index (Phi) is 6.20. The first-order valence-electron chi connectivity index (χ1n) is 8.15. The molecule has 1 aromatic carbocycles. The molecule has 0 aliphatic rings. The van der Waals surface area contributed by atoms with Crippen LogP contribution in [0.25, 0.3) is 0 Å². The van der Waals surface area contributed by atoms with E-state index in [1.54, 1.807) is 20.8 Å². The molecular weight excluding hydrogens is 320 g/mol. The van der Waals surface area contributed by atoms with Crippen molar-refractivity contribution in [1.82, 2.24) is 5.12 Å². The number of nitrogens with two attached hydrogens (primary N) is 2. The highest BCUT2D eigenvalue weighted by Crippen LogP contribution is 2.26. The lowest BCUT2D eigenvalue weighted by Crippen LogP contribution is -2.59. The van der Waals surface area contributed by atoms with E-state index in [0.717, 1.165) is 10.7 Å². The third kappa shape index (κ3) is 5.72. The third-order valence-electron chi connectivity index (χ3n) is 3.44. The van der Waals surface area contributed by atoms with Crippen molar-refractivity contribution in [3.63, 3.8) is 0 Å². The predicted octanol–water partition coefficient (Wildman–Crippen LogP) is 2.11. The summed E-state index contributed by atoms with van der Waals surface area (Å²) in [4.78, 5) is 12.2. The van der Waals surface area contributed by atoms with E-state index in [0.29, 0.717) is 0 Å². The minimum atomic E-state index is -1.83. The van der Waals surface area contributed by atoms with Gasteiger partial charge >= 0.3 is 5.97 Å². The van der Waals surface area contributed by atoms with Gasteiger partial charge < -0.3 is 15.6 Å². The van der Waals surface area contributed by atoms with Crippen LogP contribution in [-0.2, 0) is 16.0 Å². The first kappa shape index (κ1) is 20.9. The number of hydrazine groups is 1. The molecule has 25 heavy (non-hydrogen) atoms. The molecule has 1 rings (SSSR count). The van der Waals surface area contributed by atoms with E-state index in [2.05, 4.69) is 5.10 Å². The SMILES string of the molecule is CC(C)(C)OC(Cc1ccccc1)(C(=O)O)/C(N)=N/N(N)C(C)(C)C. The van der Waals surface area contributed by atoms with Gasteiger partial charge in [-0.1, -0.05) is 30.3 Å². The standard InChI is InChI=1S/C18H30N4O3/c1-16(2,3)22(20)21-14(19)18(15(23)24,25-17(4,5)6)12-13-10-8-7-9-11-13/h7-11H,12,20H2,1-6H3,(H2,19,21)(H,23,24). The Labute approximate surface area is 149 Å². The van der Waals surface area contributed by atoms with Gasteiger partial charge in [0.25, 0.3) is 0 Å². The summed E-state index contributed by atoms with van der Waals surface area (Å²) in [6, 6.07) is 9.16. The lowest BCUT2D eigenvalue weighted by atomic mass is 9.91. The first-order chi connectivity index (χ1) is 11.3. The summed E-state index contributed by atoms with van der Waals surface area (Å²) < 4.78 is 5.93. The number of amidine groups is 1. The van der Waals surface area contributed by atoms with Crippen molar-refractivity contribution >= 4 is 11.8 Å². The van der Waals surface area contributed by atoms with Gasteiger partial charge in [0.15, 0.2) is 5.84 Å². The van der Waals surface area contributed by atoms with Crippen LogP contribution in [0.2, 0.25) is 0 Å². The minimum Gasteiger partial charge on any atom is -0.479 e. The van der Waals surface area contributed by atoms with E-state index in [9.17, 15) is 9.90 Å². The lowest BCUT2D eigenvalue weighted by molar-refractivity contribution is -0.170. The Bertz CT molecular complexity index is 617. The molecule has 1 aromatic rings. The number of rotatable bonds is 6. The highest BCUT2D eigenvalue weighted by Gasteiger charge is 2.48. The van der Waals surface area contributed by atoms with Crippen molar-refractivity contribution in [2.24, 2.45) is 16.7 Å². The van der Waals surface area contributed by atoms with Gasteiger partial charge in [-0.3, -0.25) is 0 Å². The van der Waals surface area contributed by atoms with E-state index in [1.807, 2.05) is 51.1 Å². The average Bonchev–Trinajstić information content (AvgIpc) is 2.44. The molecule has 0 bridgehead atoms. The van der Waals surface area contributed by atoms with Gasteiger partial charge in [0.1, 0.15) is 0 Å². The molecule has 0 aromatic heterocycles. The van der Waals surface area contributed by atoms with Gasteiger partial charge in [0, 0.05) is 6.42 Å². The van der Waals surface area contributed by atoms with Crippen molar-refractivity contribution in [1.29, 1.82) is 0 Å². The number of hydrogen-bond acceptors (Lipinski definition) is 5. The van der Waals surface area contributed by atoms with E-state index < -0.39 is 22.7 Å². The molecule has 0 fully saturated rings. The quantitative estimate of drug-likeness (QED) is 0.313. The summed E-state index contributed by atoms with van der Waals surface area (Å²) >= 11 is 0. The van der Waals surface area contributed by atoms with Gasteiger partial charge in [0.2, 0.25) is 5.60 Å². The summed E-state index contributed by atoms with van der Waals surface area (Å²) in [6.45, 7) is 10.8. The largest absolute Gasteiger partial charge is 0.479 e. The van der Waals surface area contributed by atoms with Crippen LogP contribution in [0.1, 0.15) is 47.1 Å². The summed E-state index contributed by atoms with van der Waals surface area (Å²) in [5.41, 5.74) is 3.79. The highest BCUT2D eigenvalue weighted by molar-refractivity contribution is 6.07. The van der Waals surface area contributed by atoms with Crippen molar-refractivity contribution in [3.8, 4) is 0 Å². The molecule has 1 unspecified atom stereocenters. The molecule has 7 heteroatoms. The molecule has 0 saturated heterocycles. The Morgan fingerprint density at radius 3 is 2.08 bits per heavy atom. The minimum absolute atomic E-state index is 0.0355. The Hall–Kier alpha value is -2.12. The fourth-order valence-electron chi connectivity index (χ4n) is 2.16. The summed E-state index contributed by atoms with van der Waals surface area (Å²) in [7, 11) is 0. The van der Waals surface area contributed by atoms with Gasteiger partial charge in [-0.15, -0.1) is 5.10 Å². The number of ether oxygens (including phenoxy) is 1. The molecule has 0 aliphatic heterocycles. The number of carboxylic acids is 1. The van der Waals surface area contributed by atoms with E-state index >= 15 is 0 Å². The average molecular weight is 350 g/mol. The van der Waals surface area contributed by atoms with Crippen LogP contribution in [-0.4, -0.2) is 38.8 Å². The highest BCUT2D eigenvalue weighted by atomic mass is 16.5. The second kappa shape index (κ2) is 7.41. The maximum absolute atomic E-state index is 12.2. The number of nitrogens with zero attached hydrogens (tertiary/aromatic N) is 2. The van der Waals surface area contributed by atoms with Crippen LogP contribution in [0.5, 0.6) is 0 Å². The van der Waals surface area contributed by atoms with Crippen LogP contribution >= 0.6 is 0 Å². The van der Waals surface area contributed by atoms with E-state index in [1.165, 1.54) is 0 Å². The second-order valence-corrected chi connectivity index (χ2v) is 8.01. The maximum Gasteiger partial charge on any atom is 0.344 e. The normalized spacial score (nSPS) is 15.6. The number of hydrogen-bond donors (Lipinski definition) is 3. The molecule has 0 radical (unpaired) electrons. The van der Waals surface area contributed by atoms with Gasteiger partial charge in [-0.2, -0.15) is 0 Å². The smallest absolute Gasteiger partial charge is 0.344 e. The molecule has 0 aliphatic carbocycles. The fraction of sp³-hybridized carbons (Fsp3) is 0.556. The zero-order chi connectivity index (χ0) is 19.5. The number of carboxylic acid groups (broad SMARTS) is 1. The molecule has 0 heterocycles. The van der Waals surface area contributed by atoms with Crippen LogP contribution in [0.15, 0.2) is 35.4 Å². The Morgan fingerprint density at radius 2 is 1.68 bits per heavy atom. The number of benzene rings is 1. The van der Waals surface area contributed by atoms with Crippen LogP contribution in [0.4, 0.5) is 0 Å². The molecular formula is C18H30N4O3. The maximum atomic E-state index is 12.2. The monoisotopic (exact) mass is 350 g/mol. The van der Waals surface area contributed by atoms with E-state index in [-0.39, 0.29) is 12.3 Å². The zero-order valence-corrected chi connectivity index (χ0v) is 15.9. The van der Waals surface area contributed by atoms with E-state index in [4.69, 9.17) is 16.3 Å². The fourth-order valence-corrected chi connectivity index (χ4v) is 2.16. The third-order valence-corrected chi connectivity index (χ3v) is 3.44. The first-order valence-corrected chi connectivity index (χ1v) is 8.15. The molecule has 140 valence electrons. The zero-order valence-electron chi connectivity index (χ0n) is 15.9. The van der Waals surface area contributed by atoms with Gasteiger partial charge in [-0.05, 0) is 47.1 Å². The summed E-state index contributed by atoms with van der Waals surface area (Å²) in [5, 5.41) is 15.3. The number of carbonyl (C=O) groups is 1. The van der Waals surface area contributed by atoms with Crippen LogP contribution < -0.4 is 11.6 Å². The molecule has 1 atom stereocenters. The topological polar surface area (TPSA) is 114 Å². The Morgan fingerprint density at radius 1 is 1.16 bits per heavy atom. The van der Waals surface area contributed by atoms with Crippen molar-refractivity contribution < 1.29 is 14.6 Å². The lowest BCUT2D eigenvalue weighted by Gasteiger charge is -2.37. The van der Waals surface area contributed by atoms with Crippen molar-refractivity contribution in [2.45, 2.75) is 64.7 Å². The number of aliphatic carboxylic acids is 1. The summed E-state index contributed by atoms with van der Waals surface area (Å²) in [5.74, 6) is 4.51. The van der Waals surface area contributed by atoms with Gasteiger partial charge in [-0.25, -0.2) is 15.8 Å². The molecule has 0 amide bonds. The van der Waals surface area contributed by atoms with Crippen LogP contribution in [0.3, 0.4) is 0 Å². The molecule has 0 spiro atoms.